The van der Waals surface area contributed by atoms with Crippen molar-refractivity contribution in [1.82, 2.24) is 0 Å². The number of rotatable bonds is 3. The third-order valence-corrected chi connectivity index (χ3v) is 12.5. The molecule has 220 valence electrons. The van der Waals surface area contributed by atoms with Gasteiger partial charge in [0, 0.05) is 30.6 Å². The molecule has 8 saturated heterocycles. The zero-order valence-electron chi connectivity index (χ0n) is 24.3. The van der Waals surface area contributed by atoms with E-state index in [2.05, 4.69) is 27.7 Å². The highest BCUT2D eigenvalue weighted by Gasteiger charge is 2.74. The molecule has 0 aromatic carbocycles. The maximum atomic E-state index is 6.81. The van der Waals surface area contributed by atoms with Crippen LogP contribution in [-0.4, -0.2) is 53.9 Å². The summed E-state index contributed by atoms with van der Waals surface area (Å²) in [6.07, 6.45) is 6.55. The Kier molecular flexibility index (Phi) is 5.65. The van der Waals surface area contributed by atoms with E-state index in [9.17, 15) is 0 Å². The summed E-state index contributed by atoms with van der Waals surface area (Å²) in [4.78, 5) is 24.6. The van der Waals surface area contributed by atoms with Gasteiger partial charge in [0.25, 0.3) is 0 Å². The van der Waals surface area contributed by atoms with Crippen LogP contribution < -0.4 is 0 Å². The molecule has 10 fully saturated rings. The van der Waals surface area contributed by atoms with E-state index in [4.69, 9.17) is 43.2 Å². The molecule has 9 nitrogen and oxygen atoms in total. The summed E-state index contributed by atoms with van der Waals surface area (Å²) in [7, 11) is 0. The Morgan fingerprint density at radius 2 is 1.26 bits per heavy atom. The van der Waals surface area contributed by atoms with Crippen LogP contribution in [0.5, 0.6) is 0 Å². The lowest BCUT2D eigenvalue weighted by Crippen LogP contribution is -2.70. The Labute approximate surface area is 231 Å². The first-order valence-electron chi connectivity index (χ1n) is 15.6. The van der Waals surface area contributed by atoms with Gasteiger partial charge in [-0.1, -0.05) is 20.8 Å². The lowest BCUT2D eigenvalue weighted by Gasteiger charge is -2.60. The molecule has 8 heterocycles. The fourth-order valence-electron chi connectivity index (χ4n) is 10.3. The summed E-state index contributed by atoms with van der Waals surface area (Å²) in [5.74, 6) is 0.582. The van der Waals surface area contributed by atoms with Gasteiger partial charge < -0.3 is 23.7 Å². The van der Waals surface area contributed by atoms with Crippen molar-refractivity contribution in [3.63, 3.8) is 0 Å². The Balaban J connectivity index is 1.06. The molecule has 15 atom stereocenters. The second-order valence-electron chi connectivity index (χ2n) is 14.9. The number of fused-ring (bicyclic) bond motifs is 4. The van der Waals surface area contributed by atoms with Crippen LogP contribution in [0.1, 0.15) is 92.9 Å². The molecule has 4 bridgehead atoms. The van der Waals surface area contributed by atoms with Crippen LogP contribution in [-0.2, 0) is 43.2 Å². The fraction of sp³-hybridized carbons (Fsp3) is 1.00. The van der Waals surface area contributed by atoms with Crippen molar-refractivity contribution in [1.29, 1.82) is 0 Å². The summed E-state index contributed by atoms with van der Waals surface area (Å²) < 4.78 is 33.3. The predicted octanol–water partition coefficient (Wildman–Crippen LogP) is 5.22. The molecule has 0 aromatic rings. The Hall–Kier alpha value is -0.360. The molecule has 0 aromatic heterocycles. The average molecular weight is 551 g/mol. The maximum Gasteiger partial charge on any atom is 0.201 e. The molecule has 2 unspecified atom stereocenters. The van der Waals surface area contributed by atoms with Crippen LogP contribution in [0.3, 0.4) is 0 Å². The first-order valence-corrected chi connectivity index (χ1v) is 15.6. The number of hydrogen-bond donors (Lipinski definition) is 0. The first-order chi connectivity index (χ1) is 18.5. The van der Waals surface area contributed by atoms with Crippen LogP contribution in [0, 0.1) is 41.4 Å². The van der Waals surface area contributed by atoms with Gasteiger partial charge in [0.15, 0.2) is 30.1 Å². The highest BCUT2D eigenvalue weighted by molar-refractivity contribution is 5.15. The molecule has 2 saturated carbocycles. The normalized spacial score (nSPS) is 63.2. The number of ether oxygens (including phenoxy) is 5. The molecule has 0 amide bonds. The molecule has 39 heavy (non-hydrogen) atoms. The van der Waals surface area contributed by atoms with Crippen molar-refractivity contribution in [2.45, 2.75) is 140 Å². The lowest BCUT2D eigenvalue weighted by atomic mass is 9.58. The quantitative estimate of drug-likeness (QED) is 0.440. The van der Waals surface area contributed by atoms with Gasteiger partial charge in [-0.15, -0.1) is 0 Å². The molecule has 10 aliphatic rings. The van der Waals surface area contributed by atoms with Crippen molar-refractivity contribution >= 4 is 0 Å². The molecular weight excluding hydrogens is 504 g/mol. The largest absolute Gasteiger partial charge is 0.349 e. The van der Waals surface area contributed by atoms with Crippen LogP contribution in [0.15, 0.2) is 0 Å². The van der Waals surface area contributed by atoms with E-state index in [1.165, 1.54) is 6.42 Å². The van der Waals surface area contributed by atoms with E-state index in [1.807, 2.05) is 13.8 Å². The Bertz CT molecular complexity index is 1010. The molecule has 0 N–H and O–H groups in total. The summed E-state index contributed by atoms with van der Waals surface area (Å²) >= 11 is 0. The van der Waals surface area contributed by atoms with E-state index in [0.717, 1.165) is 44.9 Å². The van der Waals surface area contributed by atoms with Gasteiger partial charge in [0.2, 0.25) is 11.6 Å². The zero-order chi connectivity index (χ0) is 27.0. The van der Waals surface area contributed by atoms with Gasteiger partial charge in [-0.2, -0.15) is 0 Å². The second kappa shape index (κ2) is 8.38. The van der Waals surface area contributed by atoms with Gasteiger partial charge in [0.1, 0.15) is 0 Å². The second-order valence-corrected chi connectivity index (χ2v) is 14.9. The van der Waals surface area contributed by atoms with Crippen molar-refractivity contribution in [2.24, 2.45) is 41.4 Å². The summed E-state index contributed by atoms with van der Waals surface area (Å²) in [6, 6.07) is 0. The topological polar surface area (TPSA) is 83.1 Å². The monoisotopic (exact) mass is 550 g/mol. The third-order valence-electron chi connectivity index (χ3n) is 12.5. The van der Waals surface area contributed by atoms with E-state index in [1.54, 1.807) is 0 Å². The Morgan fingerprint density at radius 1 is 0.641 bits per heavy atom. The predicted molar refractivity (Wildman–Crippen MR) is 135 cm³/mol. The highest BCUT2D eigenvalue weighted by Crippen LogP contribution is 2.64. The molecule has 0 radical (unpaired) electrons. The SMILES string of the molecule is C[C@H]1[C@H](OC[C@@]2(C)O[C@@H]3O[C@@]4(C)CC[C@H]5[C@H](C)CCC2[C@@]35OO4)OC2O[C@@]3(C)CC[C@H]4[C@H](C)CC[C@@H]1[C@@]24OO3. The van der Waals surface area contributed by atoms with Crippen LogP contribution in [0.25, 0.3) is 0 Å². The van der Waals surface area contributed by atoms with Crippen molar-refractivity contribution in [3.8, 4) is 0 Å². The van der Waals surface area contributed by atoms with Gasteiger partial charge >= 0.3 is 0 Å². The summed E-state index contributed by atoms with van der Waals surface area (Å²) in [6.45, 7) is 13.4. The summed E-state index contributed by atoms with van der Waals surface area (Å²) in [5.41, 5.74) is -1.79. The summed E-state index contributed by atoms with van der Waals surface area (Å²) in [5, 5.41) is 0. The Morgan fingerprint density at radius 3 is 1.97 bits per heavy atom. The number of hydrogen-bond acceptors (Lipinski definition) is 9. The average Bonchev–Trinajstić information content (AvgIpc) is 3.10. The van der Waals surface area contributed by atoms with E-state index in [-0.39, 0.29) is 17.8 Å². The smallest absolute Gasteiger partial charge is 0.201 e. The van der Waals surface area contributed by atoms with Gasteiger partial charge in [-0.25, -0.2) is 19.6 Å². The van der Waals surface area contributed by atoms with Crippen LogP contribution in [0.2, 0.25) is 0 Å². The minimum atomic E-state index is -0.797. The van der Waals surface area contributed by atoms with Gasteiger partial charge in [0.05, 0.1) is 12.2 Å². The molecule has 2 aliphatic carbocycles. The molecule has 9 heteroatoms. The fourth-order valence-corrected chi connectivity index (χ4v) is 10.3. The van der Waals surface area contributed by atoms with Crippen LogP contribution in [0.4, 0.5) is 0 Å². The van der Waals surface area contributed by atoms with Crippen molar-refractivity contribution < 1.29 is 43.2 Å². The minimum absolute atomic E-state index is 0.102. The maximum absolute atomic E-state index is 6.81. The van der Waals surface area contributed by atoms with Crippen molar-refractivity contribution in [3.05, 3.63) is 0 Å². The third kappa shape index (κ3) is 3.40. The van der Waals surface area contributed by atoms with Gasteiger partial charge in [-0.3, -0.25) is 0 Å². The van der Waals surface area contributed by atoms with Gasteiger partial charge in [-0.05, 0) is 83.0 Å². The van der Waals surface area contributed by atoms with Crippen LogP contribution >= 0.6 is 0 Å². The van der Waals surface area contributed by atoms with E-state index in [0.29, 0.717) is 30.3 Å². The van der Waals surface area contributed by atoms with E-state index >= 15 is 0 Å². The highest BCUT2D eigenvalue weighted by atomic mass is 17.3. The first kappa shape index (κ1) is 26.3. The zero-order valence-corrected chi connectivity index (χ0v) is 24.3. The molecular formula is C30H46O9. The molecule has 2 spiro atoms. The molecule has 10 rings (SSSR count). The van der Waals surface area contributed by atoms with Crippen molar-refractivity contribution in [2.75, 3.05) is 6.61 Å². The lowest BCUT2D eigenvalue weighted by molar-refractivity contribution is -0.577. The standard InChI is InChI=1S/C30H46O9/c1-16-7-9-21-18(3)23(32-24-29(21)19(16)11-13-27(5,34-24)36-38-29)31-15-26(4)22-10-8-17(2)20-12-14-28(6)35-25(33-26)30(20,22)39-37-28/h16-25H,7-15H2,1-6H3/t16-,17-,18-,19+,20+,21+,22?,23-,24?,25-,26-,27-,28-,29-,30-/m1/s1. The van der Waals surface area contributed by atoms with E-state index < -0.39 is 47.2 Å². The minimum Gasteiger partial charge on any atom is -0.349 e. The molecule has 8 aliphatic heterocycles.